The van der Waals surface area contributed by atoms with E-state index in [-0.39, 0.29) is 22.7 Å². The van der Waals surface area contributed by atoms with E-state index in [0.29, 0.717) is 0 Å². The molecule has 13 heteroatoms. The van der Waals surface area contributed by atoms with Crippen LogP contribution in [0.15, 0.2) is 16.3 Å². The smallest absolute Gasteiger partial charge is 0.422 e. The van der Waals surface area contributed by atoms with Gasteiger partial charge in [-0.1, -0.05) is 0 Å². The maximum Gasteiger partial charge on any atom is 0.422 e. The number of nitrogens with zero attached hydrogens (tertiary/aromatic N) is 3. The number of sulfonamides is 1. The first-order valence-corrected chi connectivity index (χ1v) is 8.53. The van der Waals surface area contributed by atoms with Gasteiger partial charge in [0, 0.05) is 0 Å². The van der Waals surface area contributed by atoms with E-state index in [1.54, 1.807) is 0 Å². The Bertz CT molecular complexity index is 894. The number of anilines is 1. The summed E-state index contributed by atoms with van der Waals surface area (Å²) in [5.74, 6) is -1.11. The Morgan fingerprint density at radius 3 is 2.62 bits per heavy atom. The molecule has 2 aromatic rings. The molecular formula is C11H11N5O6S2. The van der Waals surface area contributed by atoms with Gasteiger partial charge in [-0.25, -0.2) is 23.1 Å². The van der Waals surface area contributed by atoms with Crippen LogP contribution in [0.3, 0.4) is 0 Å². The van der Waals surface area contributed by atoms with Crippen molar-refractivity contribution in [2.45, 2.75) is 11.8 Å². The SMILES string of the molecule is COc1nc(C)nc(NC(=O)OC(=O)c2sccc2S(N)(=O)=O)n1. The second-order valence-corrected chi connectivity index (χ2v) is 6.60. The number of nitrogens with one attached hydrogen (secondary N) is 1. The van der Waals surface area contributed by atoms with Crippen LogP contribution in [0.25, 0.3) is 0 Å². The van der Waals surface area contributed by atoms with Crippen molar-refractivity contribution in [3.8, 4) is 6.01 Å². The molecule has 2 aromatic heterocycles. The maximum atomic E-state index is 11.9. The number of nitrogens with two attached hydrogens (primary N) is 1. The zero-order valence-corrected chi connectivity index (χ0v) is 14.0. The number of ether oxygens (including phenoxy) is 2. The summed E-state index contributed by atoms with van der Waals surface area (Å²) in [5, 5.41) is 8.41. The second kappa shape index (κ2) is 6.86. The Morgan fingerprint density at radius 1 is 1.29 bits per heavy atom. The van der Waals surface area contributed by atoms with Crippen LogP contribution in [-0.2, 0) is 14.8 Å². The molecule has 0 bridgehead atoms. The Kier molecular flexibility index (Phi) is 5.06. The van der Waals surface area contributed by atoms with Crippen LogP contribution in [0.5, 0.6) is 6.01 Å². The first kappa shape index (κ1) is 17.7. The molecule has 3 N–H and O–H groups in total. The number of hydrogen-bond donors (Lipinski definition) is 2. The van der Waals surface area contributed by atoms with Gasteiger partial charge in [0.2, 0.25) is 16.0 Å². The van der Waals surface area contributed by atoms with Crippen molar-refractivity contribution in [1.29, 1.82) is 0 Å². The van der Waals surface area contributed by atoms with E-state index in [1.165, 1.54) is 19.4 Å². The molecule has 0 atom stereocenters. The van der Waals surface area contributed by atoms with Crippen molar-refractivity contribution in [3.05, 3.63) is 22.1 Å². The summed E-state index contributed by atoms with van der Waals surface area (Å²) in [6.07, 6.45) is -1.21. The highest BCUT2D eigenvalue weighted by Gasteiger charge is 2.24. The average molecular weight is 373 g/mol. The predicted octanol–water partition coefficient (Wildman–Crippen LogP) is 0.286. The fourth-order valence-electron chi connectivity index (χ4n) is 1.52. The molecule has 0 radical (unpaired) electrons. The number of thiophene rings is 1. The van der Waals surface area contributed by atoms with E-state index < -0.39 is 27.0 Å². The number of hydrogen-bond acceptors (Lipinski definition) is 10. The lowest BCUT2D eigenvalue weighted by Crippen LogP contribution is -2.22. The third-order valence-electron chi connectivity index (χ3n) is 2.43. The van der Waals surface area contributed by atoms with Gasteiger partial charge in [-0.3, -0.25) is 5.32 Å². The molecule has 0 aromatic carbocycles. The number of carbonyl (C=O) groups excluding carboxylic acids is 2. The molecule has 0 aliphatic carbocycles. The monoisotopic (exact) mass is 373 g/mol. The van der Waals surface area contributed by atoms with Crippen LogP contribution in [0.4, 0.5) is 10.7 Å². The normalized spacial score (nSPS) is 11.0. The largest absolute Gasteiger partial charge is 0.467 e. The Labute approximate surface area is 139 Å². The van der Waals surface area contributed by atoms with Gasteiger partial charge in [0.1, 0.15) is 15.6 Å². The third-order valence-corrected chi connectivity index (χ3v) is 4.41. The number of aryl methyl sites for hydroxylation is 1. The van der Waals surface area contributed by atoms with Crippen LogP contribution in [0.1, 0.15) is 15.5 Å². The standard InChI is InChI=1S/C11H11N5O6S2/c1-5-13-9(15-10(14-5)21-2)16-11(18)22-8(17)7-6(3-4-23-7)24(12,19)20/h3-4H,1-2H3,(H2,12,19,20)(H,13,14,15,16,18). The van der Waals surface area contributed by atoms with Crippen molar-refractivity contribution in [2.75, 3.05) is 12.4 Å². The third kappa shape index (κ3) is 4.21. The van der Waals surface area contributed by atoms with E-state index in [2.05, 4.69) is 25.0 Å². The molecule has 0 unspecified atom stereocenters. The van der Waals surface area contributed by atoms with Gasteiger partial charge in [0.05, 0.1) is 7.11 Å². The molecule has 0 saturated heterocycles. The van der Waals surface area contributed by atoms with Crippen LogP contribution in [-0.4, -0.2) is 42.5 Å². The summed E-state index contributed by atoms with van der Waals surface area (Å²) in [5.41, 5.74) is 0. The molecule has 0 spiro atoms. The summed E-state index contributed by atoms with van der Waals surface area (Å²) >= 11 is 0.766. The molecule has 0 fully saturated rings. The predicted molar refractivity (Wildman–Crippen MR) is 81.2 cm³/mol. The lowest BCUT2D eigenvalue weighted by Gasteiger charge is -2.06. The molecule has 11 nitrogen and oxygen atoms in total. The lowest BCUT2D eigenvalue weighted by molar-refractivity contribution is 0.0646. The number of carbonyl (C=O) groups is 2. The fraction of sp³-hybridized carbons (Fsp3) is 0.182. The molecule has 2 heterocycles. The number of esters is 1. The van der Waals surface area contributed by atoms with Gasteiger partial charge in [-0.15, -0.1) is 11.3 Å². The number of rotatable bonds is 4. The van der Waals surface area contributed by atoms with E-state index in [0.717, 1.165) is 17.4 Å². The van der Waals surface area contributed by atoms with Crippen molar-refractivity contribution in [3.63, 3.8) is 0 Å². The van der Waals surface area contributed by atoms with Gasteiger partial charge in [-0.2, -0.15) is 15.0 Å². The minimum Gasteiger partial charge on any atom is -0.467 e. The summed E-state index contributed by atoms with van der Waals surface area (Å²) in [6, 6.07) is 1.09. The fourth-order valence-corrected chi connectivity index (χ4v) is 3.36. The summed E-state index contributed by atoms with van der Waals surface area (Å²) in [4.78, 5) is 34.2. The van der Waals surface area contributed by atoms with E-state index >= 15 is 0 Å². The molecule has 0 saturated carbocycles. The minimum absolute atomic E-state index is 0.0427. The van der Waals surface area contributed by atoms with Gasteiger partial charge < -0.3 is 9.47 Å². The van der Waals surface area contributed by atoms with Crippen molar-refractivity contribution in [1.82, 2.24) is 15.0 Å². The zero-order valence-electron chi connectivity index (χ0n) is 12.3. The number of primary sulfonamides is 1. The number of methoxy groups -OCH3 is 1. The Hall–Kier alpha value is -2.64. The molecule has 2 rings (SSSR count). The van der Waals surface area contributed by atoms with Crippen LogP contribution in [0, 0.1) is 6.92 Å². The molecule has 24 heavy (non-hydrogen) atoms. The summed E-state index contributed by atoms with van der Waals surface area (Å²) in [6.45, 7) is 1.54. The maximum absolute atomic E-state index is 11.9. The van der Waals surface area contributed by atoms with Crippen LogP contribution >= 0.6 is 11.3 Å². The highest BCUT2D eigenvalue weighted by atomic mass is 32.2. The number of amides is 1. The lowest BCUT2D eigenvalue weighted by atomic mass is 10.5. The van der Waals surface area contributed by atoms with E-state index in [1.807, 2.05) is 0 Å². The minimum atomic E-state index is -4.12. The average Bonchev–Trinajstić information content (AvgIpc) is 2.95. The van der Waals surface area contributed by atoms with Gasteiger partial charge in [0.15, 0.2) is 0 Å². The first-order valence-electron chi connectivity index (χ1n) is 6.11. The van der Waals surface area contributed by atoms with Crippen LogP contribution in [0.2, 0.25) is 0 Å². The summed E-state index contributed by atoms with van der Waals surface area (Å²) in [7, 11) is -2.79. The highest BCUT2D eigenvalue weighted by molar-refractivity contribution is 7.89. The highest BCUT2D eigenvalue weighted by Crippen LogP contribution is 2.21. The molecule has 128 valence electrons. The van der Waals surface area contributed by atoms with Crippen LogP contribution < -0.4 is 15.2 Å². The van der Waals surface area contributed by atoms with Crippen molar-refractivity contribution >= 4 is 39.4 Å². The molecule has 0 aliphatic heterocycles. The van der Waals surface area contributed by atoms with Gasteiger partial charge in [0.25, 0.3) is 0 Å². The number of aromatic nitrogens is 3. The first-order chi connectivity index (χ1) is 11.2. The zero-order chi connectivity index (χ0) is 17.9. The molecule has 1 amide bonds. The quantitative estimate of drug-likeness (QED) is 0.566. The van der Waals surface area contributed by atoms with Gasteiger partial charge in [-0.05, 0) is 18.4 Å². The van der Waals surface area contributed by atoms with E-state index in [4.69, 9.17) is 9.88 Å². The van der Waals surface area contributed by atoms with Crippen molar-refractivity contribution < 1.29 is 27.5 Å². The van der Waals surface area contributed by atoms with E-state index in [9.17, 15) is 18.0 Å². The molecule has 0 aliphatic rings. The topological polar surface area (TPSA) is 163 Å². The van der Waals surface area contributed by atoms with Crippen molar-refractivity contribution in [2.24, 2.45) is 5.14 Å². The van der Waals surface area contributed by atoms with Gasteiger partial charge >= 0.3 is 18.1 Å². The molecular weight excluding hydrogens is 362 g/mol. The second-order valence-electron chi connectivity index (χ2n) is 4.15. The Balaban J connectivity index is 2.12. The summed E-state index contributed by atoms with van der Waals surface area (Å²) < 4.78 is 32.0. The Morgan fingerprint density at radius 2 is 2.00 bits per heavy atom.